The predicted octanol–water partition coefficient (Wildman–Crippen LogP) is 2.81. The molecule has 0 saturated carbocycles. The number of hydrogen-bond donors (Lipinski definition) is 1. The van der Waals surface area contributed by atoms with Gasteiger partial charge in [0.05, 0.1) is 5.39 Å². The van der Waals surface area contributed by atoms with Gasteiger partial charge in [-0.3, -0.25) is 9.59 Å². The first-order valence-corrected chi connectivity index (χ1v) is 9.63. The number of nitrogens with one attached hydrogen (secondary N) is 1. The van der Waals surface area contributed by atoms with Crippen LogP contribution < -0.4 is 10.9 Å². The molecule has 3 aromatic rings. The van der Waals surface area contributed by atoms with Crippen LogP contribution in [0.2, 0.25) is 0 Å². The summed E-state index contributed by atoms with van der Waals surface area (Å²) in [5.41, 5.74) is 0.411. The van der Waals surface area contributed by atoms with Gasteiger partial charge in [0.1, 0.15) is 5.82 Å². The van der Waals surface area contributed by atoms with Crippen molar-refractivity contribution >= 4 is 22.6 Å². The number of rotatable bonds is 7. The molecule has 1 amide bonds. The Kier molecular flexibility index (Phi) is 6.56. The van der Waals surface area contributed by atoms with Crippen LogP contribution in [-0.4, -0.2) is 27.8 Å². The van der Waals surface area contributed by atoms with E-state index in [1.807, 2.05) is 6.92 Å². The van der Waals surface area contributed by atoms with E-state index in [2.05, 4.69) is 10.4 Å². The Labute approximate surface area is 172 Å². The zero-order valence-corrected chi connectivity index (χ0v) is 16.7. The van der Waals surface area contributed by atoms with Gasteiger partial charge in [0.2, 0.25) is 0 Å². The molecule has 1 heterocycles. The van der Waals surface area contributed by atoms with Crippen molar-refractivity contribution in [1.29, 1.82) is 0 Å². The van der Waals surface area contributed by atoms with Crippen LogP contribution in [0.15, 0.2) is 53.3 Å². The molecule has 0 unspecified atom stereocenters. The van der Waals surface area contributed by atoms with Gasteiger partial charge in [-0.05, 0) is 37.1 Å². The highest BCUT2D eigenvalue weighted by Crippen LogP contribution is 2.15. The van der Waals surface area contributed by atoms with Crippen molar-refractivity contribution in [1.82, 2.24) is 15.1 Å². The summed E-state index contributed by atoms with van der Waals surface area (Å²) in [5, 5.41) is 7.54. The number of hydrogen-bond acceptors (Lipinski definition) is 5. The monoisotopic (exact) mass is 411 g/mol. The quantitative estimate of drug-likeness (QED) is 0.604. The number of amides is 1. The average Bonchev–Trinajstić information content (AvgIpc) is 2.75. The Morgan fingerprint density at radius 2 is 1.80 bits per heavy atom. The Morgan fingerprint density at radius 3 is 2.47 bits per heavy atom. The number of aromatic nitrogens is 2. The molecule has 0 spiro atoms. The molecule has 1 atom stereocenters. The minimum Gasteiger partial charge on any atom is -0.448 e. The third-order valence-corrected chi connectivity index (χ3v) is 4.53. The van der Waals surface area contributed by atoms with Gasteiger partial charge in [0.15, 0.2) is 11.8 Å². The molecular weight excluding hydrogens is 389 g/mol. The lowest BCUT2D eigenvalue weighted by Crippen LogP contribution is -2.36. The zero-order valence-electron chi connectivity index (χ0n) is 16.7. The smallest absolute Gasteiger partial charge is 0.360 e. The maximum Gasteiger partial charge on any atom is 0.360 e. The highest BCUT2D eigenvalue weighted by Gasteiger charge is 2.23. The topological polar surface area (TPSA) is 90.3 Å². The fourth-order valence-corrected chi connectivity index (χ4v) is 2.95. The first kappa shape index (κ1) is 21.2. The van der Waals surface area contributed by atoms with Gasteiger partial charge >= 0.3 is 5.97 Å². The van der Waals surface area contributed by atoms with Crippen LogP contribution >= 0.6 is 0 Å². The van der Waals surface area contributed by atoms with Crippen molar-refractivity contribution in [3.05, 3.63) is 76.0 Å². The van der Waals surface area contributed by atoms with E-state index in [-0.39, 0.29) is 23.6 Å². The molecule has 0 radical (unpaired) electrons. The Hall–Kier alpha value is -3.55. The van der Waals surface area contributed by atoms with Gasteiger partial charge in [0.25, 0.3) is 11.5 Å². The molecular formula is C22H22FN3O4. The van der Waals surface area contributed by atoms with Gasteiger partial charge in [-0.25, -0.2) is 13.9 Å². The standard InChI is InChI=1S/C22H22FN3O4/c1-3-12-26-21(28)18-7-5-4-6-17(18)19(25-26)22(29)30-14(2)20(27)24-13-15-8-10-16(23)11-9-15/h4-11,14H,3,12-13H2,1-2H3,(H,24,27)/t14-/m1/s1. The lowest BCUT2D eigenvalue weighted by atomic mass is 10.1. The second kappa shape index (κ2) is 9.30. The molecule has 0 fully saturated rings. The number of carbonyl (C=O) groups excluding carboxylic acids is 2. The second-order valence-corrected chi connectivity index (χ2v) is 6.81. The van der Waals surface area contributed by atoms with Crippen LogP contribution in [0.3, 0.4) is 0 Å². The third-order valence-electron chi connectivity index (χ3n) is 4.53. The molecule has 7 nitrogen and oxygen atoms in total. The maximum atomic E-state index is 13.0. The van der Waals surface area contributed by atoms with Crippen molar-refractivity contribution < 1.29 is 18.7 Å². The Morgan fingerprint density at radius 1 is 1.13 bits per heavy atom. The molecule has 0 aliphatic rings. The third kappa shape index (κ3) is 4.71. The molecule has 0 aliphatic heterocycles. The fraction of sp³-hybridized carbons (Fsp3) is 0.273. The average molecular weight is 411 g/mol. The van der Waals surface area contributed by atoms with E-state index in [0.29, 0.717) is 29.3 Å². The van der Waals surface area contributed by atoms with Crippen molar-refractivity contribution in [2.45, 2.75) is 39.5 Å². The normalized spacial score (nSPS) is 11.8. The summed E-state index contributed by atoms with van der Waals surface area (Å²) >= 11 is 0. The Bertz CT molecular complexity index is 1130. The van der Waals surface area contributed by atoms with Crippen LogP contribution in [0.5, 0.6) is 0 Å². The molecule has 1 N–H and O–H groups in total. The first-order chi connectivity index (χ1) is 14.4. The van der Waals surface area contributed by atoms with Crippen LogP contribution in [0.25, 0.3) is 10.8 Å². The van der Waals surface area contributed by atoms with Crippen LogP contribution in [-0.2, 0) is 22.6 Å². The summed E-state index contributed by atoms with van der Waals surface area (Å²) in [6.45, 7) is 3.87. The van der Waals surface area contributed by atoms with E-state index >= 15 is 0 Å². The number of esters is 1. The van der Waals surface area contributed by atoms with E-state index in [1.165, 1.54) is 23.7 Å². The molecule has 30 heavy (non-hydrogen) atoms. The molecule has 2 aromatic carbocycles. The lowest BCUT2D eigenvalue weighted by Gasteiger charge is -2.15. The van der Waals surface area contributed by atoms with Crippen molar-refractivity contribution in [3.63, 3.8) is 0 Å². The Balaban J connectivity index is 1.75. The van der Waals surface area contributed by atoms with Crippen LogP contribution in [0, 0.1) is 5.82 Å². The van der Waals surface area contributed by atoms with Gasteiger partial charge in [-0.1, -0.05) is 37.3 Å². The van der Waals surface area contributed by atoms with Gasteiger partial charge in [-0.2, -0.15) is 5.10 Å². The summed E-state index contributed by atoms with van der Waals surface area (Å²) in [7, 11) is 0. The van der Waals surface area contributed by atoms with Crippen LogP contribution in [0.1, 0.15) is 36.3 Å². The van der Waals surface area contributed by atoms with Crippen molar-refractivity contribution in [2.24, 2.45) is 0 Å². The van der Waals surface area contributed by atoms with Crippen molar-refractivity contribution in [2.75, 3.05) is 0 Å². The van der Waals surface area contributed by atoms with Gasteiger partial charge < -0.3 is 10.1 Å². The number of halogens is 1. The molecule has 156 valence electrons. The molecule has 8 heteroatoms. The summed E-state index contributed by atoms with van der Waals surface area (Å²) in [6, 6.07) is 12.4. The number of benzene rings is 2. The number of fused-ring (bicyclic) bond motifs is 1. The maximum absolute atomic E-state index is 13.0. The van der Waals surface area contributed by atoms with E-state index in [4.69, 9.17) is 4.74 Å². The summed E-state index contributed by atoms with van der Waals surface area (Å²) in [5.74, 6) is -1.66. The summed E-state index contributed by atoms with van der Waals surface area (Å²) in [4.78, 5) is 37.6. The number of carbonyl (C=O) groups is 2. The predicted molar refractivity (Wildman–Crippen MR) is 109 cm³/mol. The largest absolute Gasteiger partial charge is 0.448 e. The molecule has 1 aromatic heterocycles. The lowest BCUT2D eigenvalue weighted by molar-refractivity contribution is -0.129. The fourth-order valence-electron chi connectivity index (χ4n) is 2.95. The van der Waals surface area contributed by atoms with Gasteiger partial charge in [0, 0.05) is 18.5 Å². The first-order valence-electron chi connectivity index (χ1n) is 9.63. The highest BCUT2D eigenvalue weighted by molar-refractivity contribution is 6.02. The summed E-state index contributed by atoms with van der Waals surface area (Å²) < 4.78 is 19.5. The zero-order chi connectivity index (χ0) is 21.7. The van der Waals surface area contributed by atoms with Crippen LogP contribution in [0.4, 0.5) is 4.39 Å². The molecule has 0 bridgehead atoms. The number of nitrogens with zero attached hydrogens (tertiary/aromatic N) is 2. The number of aryl methyl sites for hydroxylation is 1. The van der Waals surface area contributed by atoms with E-state index in [1.54, 1.807) is 36.4 Å². The van der Waals surface area contributed by atoms with E-state index in [9.17, 15) is 18.8 Å². The minimum absolute atomic E-state index is 0.0168. The summed E-state index contributed by atoms with van der Waals surface area (Å²) in [6.07, 6.45) is -0.410. The van der Waals surface area contributed by atoms with E-state index < -0.39 is 18.0 Å². The SMILES string of the molecule is CCCn1nc(C(=O)O[C@H](C)C(=O)NCc2ccc(F)cc2)c2ccccc2c1=O. The molecule has 3 rings (SSSR count). The minimum atomic E-state index is -1.08. The molecule has 0 saturated heterocycles. The second-order valence-electron chi connectivity index (χ2n) is 6.81. The van der Waals surface area contributed by atoms with E-state index in [0.717, 1.165) is 0 Å². The molecule has 0 aliphatic carbocycles. The van der Waals surface area contributed by atoms with Crippen molar-refractivity contribution in [3.8, 4) is 0 Å². The van der Waals surface area contributed by atoms with Gasteiger partial charge in [-0.15, -0.1) is 0 Å². The number of ether oxygens (including phenoxy) is 1. The highest BCUT2D eigenvalue weighted by atomic mass is 19.1.